The molecule has 12 heteroatoms. The molecule has 0 atom stereocenters. The number of nitrogens with one attached hydrogen (secondary N) is 1. The molecule has 0 radical (unpaired) electrons. The molecule has 0 saturated carbocycles. The lowest BCUT2D eigenvalue weighted by Gasteiger charge is -2.11. The topological polar surface area (TPSA) is 91.2 Å². The van der Waals surface area contributed by atoms with Crippen molar-refractivity contribution in [1.82, 2.24) is 10.2 Å². The van der Waals surface area contributed by atoms with Gasteiger partial charge in [0.15, 0.2) is 0 Å². The molecule has 0 spiro atoms. The first-order valence-electron chi connectivity index (χ1n) is 8.15. The molecule has 0 fully saturated rings. The van der Waals surface area contributed by atoms with Gasteiger partial charge in [0.25, 0.3) is 0 Å². The van der Waals surface area contributed by atoms with Gasteiger partial charge in [-0.2, -0.15) is 13.2 Å². The molecule has 7 nitrogen and oxygen atoms in total. The summed E-state index contributed by atoms with van der Waals surface area (Å²) in [5.74, 6) is -2.78. The van der Waals surface area contributed by atoms with Gasteiger partial charge >= 0.3 is 12.1 Å². The molecule has 2 N–H and O–H groups in total. The maximum absolute atomic E-state index is 11.8. The van der Waals surface area contributed by atoms with Gasteiger partial charge in [-0.1, -0.05) is 34.4 Å². The molecule has 1 rings (SSSR count). The summed E-state index contributed by atoms with van der Waals surface area (Å²) in [4.78, 5) is 27.6. The van der Waals surface area contributed by atoms with Crippen LogP contribution in [0, 0.1) is 0 Å². The van der Waals surface area contributed by atoms with Crippen molar-refractivity contribution in [2.45, 2.75) is 19.0 Å². The zero-order chi connectivity index (χ0) is 22.6. The Labute approximate surface area is 176 Å². The van der Waals surface area contributed by atoms with Gasteiger partial charge in [-0.15, -0.1) is 0 Å². The van der Waals surface area contributed by atoms with Crippen LogP contribution < -0.4 is 5.32 Å². The monoisotopic (exact) mass is 459 g/mol. The third-order valence-electron chi connectivity index (χ3n) is 3.17. The Morgan fingerprint density at radius 2 is 1.79 bits per heavy atom. The summed E-state index contributed by atoms with van der Waals surface area (Å²) in [6, 6.07) is 5.21. The largest absolute Gasteiger partial charge is 0.490 e. The molecule has 29 heavy (non-hydrogen) atoms. The van der Waals surface area contributed by atoms with Gasteiger partial charge in [-0.25, -0.2) is 4.79 Å². The number of alkyl halides is 3. The number of rotatable bonds is 8. The fourth-order valence-electron chi connectivity index (χ4n) is 1.77. The van der Waals surface area contributed by atoms with Crippen LogP contribution in [-0.2, 0) is 14.4 Å². The molecule has 1 amide bonds. The highest BCUT2D eigenvalue weighted by Crippen LogP contribution is 2.23. The van der Waals surface area contributed by atoms with Gasteiger partial charge in [-0.05, 0) is 26.2 Å². The van der Waals surface area contributed by atoms with Crippen molar-refractivity contribution < 1.29 is 32.7 Å². The summed E-state index contributed by atoms with van der Waals surface area (Å²) >= 11 is 11.9. The Hall–Kier alpha value is -2.04. The van der Waals surface area contributed by atoms with E-state index in [1.54, 1.807) is 18.2 Å². The highest BCUT2D eigenvalue weighted by Gasteiger charge is 2.38. The van der Waals surface area contributed by atoms with E-state index in [-0.39, 0.29) is 5.91 Å². The molecule has 0 aromatic heterocycles. The van der Waals surface area contributed by atoms with E-state index in [1.165, 1.54) is 7.11 Å². The molecular formula is C17H22Cl2F3N3O4. The van der Waals surface area contributed by atoms with Gasteiger partial charge in [0.05, 0.1) is 15.8 Å². The van der Waals surface area contributed by atoms with Crippen LogP contribution in [-0.4, -0.2) is 68.1 Å². The molecule has 0 bridgehead atoms. The van der Waals surface area contributed by atoms with Crippen LogP contribution in [0.2, 0.25) is 10.0 Å². The fourth-order valence-corrected chi connectivity index (χ4v) is 2.07. The van der Waals surface area contributed by atoms with Crippen molar-refractivity contribution in [1.29, 1.82) is 0 Å². The lowest BCUT2D eigenvalue weighted by molar-refractivity contribution is -0.192. The first kappa shape index (κ1) is 27.0. The van der Waals surface area contributed by atoms with E-state index in [0.717, 1.165) is 12.1 Å². The van der Waals surface area contributed by atoms with Crippen molar-refractivity contribution in [3.8, 4) is 0 Å². The number of amides is 1. The lowest BCUT2D eigenvalue weighted by Crippen LogP contribution is -2.31. The zero-order valence-electron chi connectivity index (χ0n) is 16.0. The second-order valence-corrected chi connectivity index (χ2v) is 6.62. The molecule has 0 aliphatic carbocycles. The second kappa shape index (κ2) is 13.2. The molecule has 0 saturated heterocycles. The highest BCUT2D eigenvalue weighted by atomic mass is 35.5. The number of carbonyl (C=O) groups excluding carboxylic acids is 1. The molecule has 0 heterocycles. The first-order chi connectivity index (χ1) is 13.4. The van der Waals surface area contributed by atoms with Gasteiger partial charge in [0.1, 0.15) is 7.11 Å². The standard InChI is InChI=1S/C15H21Cl2N3O2.C2HF3O2/c1-20(2)9-8-18-15(21)7-6-14(19-22-3)11-4-5-12(16)13(17)10-11;3-2(4,5)1(6)7/h4-5,10H,6-9H2,1-3H3,(H,18,21);(H,6,7)/b19-14-;. The summed E-state index contributed by atoms with van der Waals surface area (Å²) < 4.78 is 31.7. The SMILES string of the molecule is CO/N=C(/CCC(=O)NCCN(C)C)c1ccc(Cl)c(Cl)c1.O=C(O)C(F)(F)F. The summed E-state index contributed by atoms with van der Waals surface area (Å²) in [5.41, 5.74) is 1.45. The fraction of sp³-hybridized carbons (Fsp3) is 0.471. The van der Waals surface area contributed by atoms with Crippen LogP contribution >= 0.6 is 23.2 Å². The number of halogens is 5. The third-order valence-corrected chi connectivity index (χ3v) is 3.91. The number of carboxylic acids is 1. The van der Waals surface area contributed by atoms with E-state index >= 15 is 0 Å². The van der Waals surface area contributed by atoms with Crippen LogP contribution in [0.15, 0.2) is 23.4 Å². The number of nitrogens with zero attached hydrogens (tertiary/aromatic N) is 2. The van der Waals surface area contributed by atoms with Gasteiger partial charge in [0.2, 0.25) is 5.91 Å². The summed E-state index contributed by atoms with van der Waals surface area (Å²) in [6.45, 7) is 1.42. The Kier molecular flexibility index (Phi) is 12.3. The molecule has 164 valence electrons. The number of benzene rings is 1. The molecular weight excluding hydrogens is 438 g/mol. The molecule has 0 unspecified atom stereocenters. The van der Waals surface area contributed by atoms with Gasteiger partial charge in [-0.3, -0.25) is 4.79 Å². The van der Waals surface area contributed by atoms with E-state index < -0.39 is 12.1 Å². The Morgan fingerprint density at radius 3 is 2.24 bits per heavy atom. The van der Waals surface area contributed by atoms with E-state index in [1.807, 2.05) is 19.0 Å². The lowest BCUT2D eigenvalue weighted by atomic mass is 10.1. The Morgan fingerprint density at radius 1 is 1.21 bits per heavy atom. The molecule has 1 aromatic carbocycles. The molecule has 0 aliphatic heterocycles. The highest BCUT2D eigenvalue weighted by molar-refractivity contribution is 6.42. The van der Waals surface area contributed by atoms with Crippen molar-refractivity contribution >= 4 is 40.8 Å². The first-order valence-corrected chi connectivity index (χ1v) is 8.91. The quantitative estimate of drug-likeness (QED) is 0.458. The van der Waals surface area contributed by atoms with E-state index in [4.69, 9.17) is 37.9 Å². The van der Waals surface area contributed by atoms with Crippen LogP contribution in [0.4, 0.5) is 13.2 Å². The van der Waals surface area contributed by atoms with E-state index in [9.17, 15) is 18.0 Å². The normalized spacial score (nSPS) is 11.6. The van der Waals surface area contributed by atoms with Crippen LogP contribution in [0.25, 0.3) is 0 Å². The number of carboxylic acid groups (broad SMARTS) is 1. The maximum atomic E-state index is 11.8. The van der Waals surface area contributed by atoms with Crippen LogP contribution in [0.1, 0.15) is 18.4 Å². The van der Waals surface area contributed by atoms with Gasteiger partial charge in [0, 0.05) is 31.5 Å². The Balaban J connectivity index is 0.000000956. The van der Waals surface area contributed by atoms with Crippen LogP contribution in [0.5, 0.6) is 0 Å². The number of hydrogen-bond acceptors (Lipinski definition) is 5. The zero-order valence-corrected chi connectivity index (χ0v) is 17.5. The van der Waals surface area contributed by atoms with Crippen molar-refractivity contribution in [2.24, 2.45) is 5.16 Å². The number of oxime groups is 1. The van der Waals surface area contributed by atoms with E-state index in [0.29, 0.717) is 35.1 Å². The van der Waals surface area contributed by atoms with Crippen molar-refractivity contribution in [3.05, 3.63) is 33.8 Å². The summed E-state index contributed by atoms with van der Waals surface area (Å²) in [5, 5.41) is 14.9. The molecule has 1 aromatic rings. The number of likely N-dealkylation sites (N-methyl/N-ethyl adjacent to an activating group) is 1. The average Bonchev–Trinajstić information content (AvgIpc) is 2.60. The summed E-state index contributed by atoms with van der Waals surface area (Å²) in [7, 11) is 5.38. The average molecular weight is 460 g/mol. The number of carbonyl (C=O) groups is 2. The van der Waals surface area contributed by atoms with Crippen molar-refractivity contribution in [2.75, 3.05) is 34.3 Å². The summed E-state index contributed by atoms with van der Waals surface area (Å²) in [6.07, 6.45) is -4.30. The third kappa shape index (κ3) is 12.2. The second-order valence-electron chi connectivity index (χ2n) is 5.81. The molecule has 0 aliphatic rings. The minimum atomic E-state index is -5.08. The Bertz CT molecular complexity index is 714. The predicted molar refractivity (Wildman–Crippen MR) is 104 cm³/mol. The van der Waals surface area contributed by atoms with Gasteiger partial charge < -0.3 is 20.2 Å². The van der Waals surface area contributed by atoms with Crippen LogP contribution in [0.3, 0.4) is 0 Å². The predicted octanol–water partition coefficient (Wildman–Crippen LogP) is 3.44. The minimum absolute atomic E-state index is 0.0225. The van der Waals surface area contributed by atoms with E-state index in [2.05, 4.69) is 10.5 Å². The minimum Gasteiger partial charge on any atom is -0.475 e. The van der Waals surface area contributed by atoms with Crippen molar-refractivity contribution in [3.63, 3.8) is 0 Å². The number of aliphatic carboxylic acids is 1. The number of hydrogen-bond donors (Lipinski definition) is 2. The smallest absolute Gasteiger partial charge is 0.475 e. The maximum Gasteiger partial charge on any atom is 0.490 e.